The minimum Gasteiger partial charge on any atom is -0.508 e. The molecular formula is C20H24N2O5. The molecule has 3 rings (SSSR count). The number of amides is 2. The number of benzene rings is 1. The predicted octanol–water partition coefficient (Wildman–Crippen LogP) is 1.79. The first-order chi connectivity index (χ1) is 12.9. The minimum atomic E-state index is -0.563. The topological polar surface area (TPSA) is 99.9 Å². The van der Waals surface area contributed by atoms with Gasteiger partial charge in [-0.3, -0.25) is 9.59 Å². The lowest BCUT2D eigenvalue weighted by atomic mass is 10.0. The van der Waals surface area contributed by atoms with Crippen LogP contribution >= 0.6 is 0 Å². The van der Waals surface area contributed by atoms with Crippen molar-refractivity contribution in [3.05, 3.63) is 39.2 Å². The molecule has 0 atom stereocenters. The SMILES string of the molecule is Cc1c(CC(=O)NCCCN2CCCC2=O)c(=O)oc2c(C)c(O)ccc12. The molecule has 144 valence electrons. The third kappa shape index (κ3) is 3.97. The summed E-state index contributed by atoms with van der Waals surface area (Å²) in [5.41, 5.74) is 1.28. The van der Waals surface area contributed by atoms with Crippen molar-refractivity contribution in [2.75, 3.05) is 19.6 Å². The second kappa shape index (κ2) is 7.82. The molecule has 1 aromatic carbocycles. The molecule has 7 heteroatoms. The Hall–Kier alpha value is -2.83. The maximum Gasteiger partial charge on any atom is 0.340 e. The van der Waals surface area contributed by atoms with Gasteiger partial charge in [-0.25, -0.2) is 4.79 Å². The molecular weight excluding hydrogens is 348 g/mol. The summed E-state index contributed by atoms with van der Waals surface area (Å²) < 4.78 is 5.35. The van der Waals surface area contributed by atoms with Crippen molar-refractivity contribution in [1.29, 1.82) is 0 Å². The van der Waals surface area contributed by atoms with Crippen LogP contribution in [0.3, 0.4) is 0 Å². The van der Waals surface area contributed by atoms with Crippen LogP contribution in [0.25, 0.3) is 11.0 Å². The number of aryl methyl sites for hydroxylation is 2. The van der Waals surface area contributed by atoms with Gasteiger partial charge in [0.2, 0.25) is 11.8 Å². The van der Waals surface area contributed by atoms with E-state index >= 15 is 0 Å². The summed E-state index contributed by atoms with van der Waals surface area (Å²) in [6.07, 6.45) is 2.13. The molecule has 2 heterocycles. The number of nitrogens with one attached hydrogen (secondary N) is 1. The fourth-order valence-electron chi connectivity index (χ4n) is 3.44. The fraction of sp³-hybridized carbons (Fsp3) is 0.450. The zero-order valence-corrected chi connectivity index (χ0v) is 15.6. The number of hydrogen-bond acceptors (Lipinski definition) is 5. The highest BCUT2D eigenvalue weighted by Crippen LogP contribution is 2.28. The second-order valence-corrected chi connectivity index (χ2v) is 6.94. The number of nitrogens with zero attached hydrogens (tertiary/aromatic N) is 1. The minimum absolute atomic E-state index is 0.0621. The van der Waals surface area contributed by atoms with E-state index in [1.165, 1.54) is 0 Å². The summed E-state index contributed by atoms with van der Waals surface area (Å²) in [6, 6.07) is 3.23. The third-order valence-electron chi connectivity index (χ3n) is 5.11. The van der Waals surface area contributed by atoms with Crippen LogP contribution in [0.2, 0.25) is 0 Å². The van der Waals surface area contributed by atoms with Gasteiger partial charge in [0, 0.05) is 37.0 Å². The van der Waals surface area contributed by atoms with Crippen LogP contribution in [0.5, 0.6) is 5.75 Å². The highest BCUT2D eigenvalue weighted by molar-refractivity contribution is 5.87. The Morgan fingerprint density at radius 2 is 2.04 bits per heavy atom. The monoisotopic (exact) mass is 372 g/mol. The summed E-state index contributed by atoms with van der Waals surface area (Å²) in [6.45, 7) is 5.33. The zero-order valence-electron chi connectivity index (χ0n) is 15.6. The van der Waals surface area contributed by atoms with E-state index in [2.05, 4.69) is 5.32 Å². The smallest absolute Gasteiger partial charge is 0.340 e. The summed E-state index contributed by atoms with van der Waals surface area (Å²) >= 11 is 0. The normalized spacial score (nSPS) is 14.1. The van der Waals surface area contributed by atoms with E-state index in [1.54, 1.807) is 26.0 Å². The van der Waals surface area contributed by atoms with Gasteiger partial charge in [0.05, 0.1) is 12.0 Å². The van der Waals surface area contributed by atoms with Crippen molar-refractivity contribution in [3.63, 3.8) is 0 Å². The summed E-state index contributed by atoms with van der Waals surface area (Å²) in [5, 5.41) is 13.3. The van der Waals surface area contributed by atoms with E-state index in [9.17, 15) is 19.5 Å². The molecule has 2 amide bonds. The zero-order chi connectivity index (χ0) is 19.6. The number of phenolic OH excluding ortho intramolecular Hbond substituents is 1. The van der Waals surface area contributed by atoms with E-state index in [-0.39, 0.29) is 24.0 Å². The van der Waals surface area contributed by atoms with Crippen LogP contribution in [0.15, 0.2) is 21.3 Å². The number of carbonyl (C=O) groups excluding carboxylic acids is 2. The van der Waals surface area contributed by atoms with Gasteiger partial charge in [-0.2, -0.15) is 0 Å². The molecule has 2 N–H and O–H groups in total. The van der Waals surface area contributed by atoms with Crippen LogP contribution in [-0.2, 0) is 16.0 Å². The highest BCUT2D eigenvalue weighted by atomic mass is 16.4. The van der Waals surface area contributed by atoms with Crippen molar-refractivity contribution in [2.24, 2.45) is 0 Å². The summed E-state index contributed by atoms with van der Waals surface area (Å²) in [5.74, 6) is -0.0212. The van der Waals surface area contributed by atoms with E-state index in [4.69, 9.17) is 4.42 Å². The molecule has 1 aliphatic heterocycles. The Balaban J connectivity index is 1.64. The van der Waals surface area contributed by atoms with Gasteiger partial charge in [0.1, 0.15) is 11.3 Å². The lowest BCUT2D eigenvalue weighted by molar-refractivity contribution is -0.127. The van der Waals surface area contributed by atoms with Gasteiger partial charge in [-0.1, -0.05) is 0 Å². The average Bonchev–Trinajstić information content (AvgIpc) is 3.04. The first-order valence-corrected chi connectivity index (χ1v) is 9.18. The summed E-state index contributed by atoms with van der Waals surface area (Å²) in [4.78, 5) is 37.9. The van der Waals surface area contributed by atoms with Gasteiger partial charge < -0.3 is 19.7 Å². The molecule has 0 radical (unpaired) electrons. The number of likely N-dealkylation sites (tertiary alicyclic amines) is 1. The Bertz CT molecular complexity index is 948. The first kappa shape index (κ1) is 18.9. The number of phenols is 1. The molecule has 7 nitrogen and oxygen atoms in total. The molecule has 0 saturated carbocycles. The Morgan fingerprint density at radius 3 is 2.74 bits per heavy atom. The van der Waals surface area contributed by atoms with E-state index in [0.717, 1.165) is 13.0 Å². The molecule has 27 heavy (non-hydrogen) atoms. The lowest BCUT2D eigenvalue weighted by Crippen LogP contribution is -2.32. The molecule has 2 aromatic rings. The van der Waals surface area contributed by atoms with Gasteiger partial charge in [0.25, 0.3) is 0 Å². The largest absolute Gasteiger partial charge is 0.508 e. The maximum absolute atomic E-state index is 12.3. The number of carbonyl (C=O) groups is 2. The Labute approximate surface area is 157 Å². The molecule has 0 aliphatic carbocycles. The quantitative estimate of drug-likeness (QED) is 0.595. The lowest BCUT2D eigenvalue weighted by Gasteiger charge is -2.15. The predicted molar refractivity (Wildman–Crippen MR) is 101 cm³/mol. The van der Waals surface area contributed by atoms with Crippen LogP contribution in [-0.4, -0.2) is 41.5 Å². The average molecular weight is 372 g/mol. The van der Waals surface area contributed by atoms with Crippen LogP contribution < -0.4 is 10.9 Å². The Morgan fingerprint density at radius 1 is 1.26 bits per heavy atom. The van der Waals surface area contributed by atoms with Crippen molar-refractivity contribution in [2.45, 2.75) is 39.5 Å². The van der Waals surface area contributed by atoms with Crippen LogP contribution in [0, 0.1) is 13.8 Å². The Kier molecular flexibility index (Phi) is 5.48. The van der Waals surface area contributed by atoms with Crippen molar-refractivity contribution < 1.29 is 19.1 Å². The molecule has 1 aliphatic rings. The molecule has 1 saturated heterocycles. The van der Waals surface area contributed by atoms with Crippen LogP contribution in [0.1, 0.15) is 36.0 Å². The molecule has 0 bridgehead atoms. The number of hydrogen-bond donors (Lipinski definition) is 2. The van der Waals surface area contributed by atoms with Crippen LogP contribution in [0.4, 0.5) is 0 Å². The number of fused-ring (bicyclic) bond motifs is 1. The second-order valence-electron chi connectivity index (χ2n) is 6.94. The van der Waals surface area contributed by atoms with Gasteiger partial charge in [-0.15, -0.1) is 0 Å². The fourth-order valence-corrected chi connectivity index (χ4v) is 3.44. The van der Waals surface area contributed by atoms with Crippen molar-refractivity contribution in [1.82, 2.24) is 10.2 Å². The summed E-state index contributed by atoms with van der Waals surface area (Å²) in [7, 11) is 0. The van der Waals surface area contributed by atoms with E-state index in [1.807, 2.05) is 4.90 Å². The molecule has 1 fully saturated rings. The van der Waals surface area contributed by atoms with Crippen molar-refractivity contribution in [3.8, 4) is 5.75 Å². The highest BCUT2D eigenvalue weighted by Gasteiger charge is 2.20. The van der Waals surface area contributed by atoms with E-state index in [0.29, 0.717) is 53.6 Å². The molecule has 1 aromatic heterocycles. The number of rotatable bonds is 6. The van der Waals surface area contributed by atoms with Gasteiger partial charge >= 0.3 is 5.63 Å². The van der Waals surface area contributed by atoms with Crippen molar-refractivity contribution >= 4 is 22.8 Å². The van der Waals surface area contributed by atoms with Gasteiger partial charge in [0.15, 0.2) is 0 Å². The molecule has 0 spiro atoms. The third-order valence-corrected chi connectivity index (χ3v) is 5.11. The van der Waals surface area contributed by atoms with Gasteiger partial charge in [-0.05, 0) is 44.4 Å². The maximum atomic E-state index is 12.3. The molecule has 0 unspecified atom stereocenters. The first-order valence-electron chi connectivity index (χ1n) is 9.18. The standard InChI is InChI=1S/C20H24N2O5/c1-12-14-6-7-16(23)13(2)19(14)27-20(26)15(12)11-17(24)21-8-4-10-22-9-3-5-18(22)25/h6-7,23H,3-5,8-11H2,1-2H3,(H,21,24). The number of aromatic hydroxyl groups is 1. The van der Waals surface area contributed by atoms with E-state index < -0.39 is 5.63 Å².